The summed E-state index contributed by atoms with van der Waals surface area (Å²) in [4.78, 5) is 13.9. The Morgan fingerprint density at radius 1 is 1.29 bits per heavy atom. The molecule has 0 bridgehead atoms. The molecule has 3 rings (SSSR count). The zero-order valence-electron chi connectivity index (χ0n) is 14.7. The molecule has 24 heavy (non-hydrogen) atoms. The van der Waals surface area contributed by atoms with Gasteiger partial charge in [-0.2, -0.15) is 5.10 Å². The van der Waals surface area contributed by atoms with Crippen LogP contribution in [-0.2, 0) is 6.54 Å². The lowest BCUT2D eigenvalue weighted by Gasteiger charge is -2.31. The van der Waals surface area contributed by atoms with Crippen molar-refractivity contribution in [3.05, 3.63) is 18.0 Å². The molecular weight excluding hydrogens is 304 g/mol. The second kappa shape index (κ2) is 8.01. The van der Waals surface area contributed by atoms with Crippen molar-refractivity contribution in [1.82, 2.24) is 20.0 Å². The number of hydrogen-bond donors (Lipinski definition) is 2. The Morgan fingerprint density at radius 3 is 2.75 bits per heavy atom. The maximum absolute atomic E-state index is 12.3. The molecule has 2 amide bonds. The summed E-state index contributed by atoms with van der Waals surface area (Å²) in [5.41, 5.74) is 0.904. The molecule has 2 unspecified atom stereocenters. The molecule has 0 spiro atoms. The smallest absolute Gasteiger partial charge is 0.317 e. The van der Waals surface area contributed by atoms with E-state index in [0.717, 1.165) is 31.4 Å². The molecule has 0 radical (unpaired) electrons. The van der Waals surface area contributed by atoms with Crippen LogP contribution < -0.4 is 5.32 Å². The number of aliphatic hydroxyl groups excluding tert-OH is 1. The van der Waals surface area contributed by atoms with E-state index in [1.165, 1.54) is 25.7 Å². The molecule has 1 aromatic rings. The predicted molar refractivity (Wildman–Crippen MR) is 92.6 cm³/mol. The zero-order valence-corrected chi connectivity index (χ0v) is 14.7. The van der Waals surface area contributed by atoms with Gasteiger partial charge in [0.05, 0.1) is 24.4 Å². The zero-order chi connectivity index (χ0) is 16.9. The second-order valence-electron chi connectivity index (χ2n) is 7.38. The molecule has 0 aliphatic heterocycles. The molecule has 2 atom stereocenters. The molecule has 0 aromatic carbocycles. The van der Waals surface area contributed by atoms with Crippen LogP contribution in [0.1, 0.15) is 63.1 Å². The van der Waals surface area contributed by atoms with Gasteiger partial charge in [-0.05, 0) is 31.7 Å². The van der Waals surface area contributed by atoms with E-state index in [1.807, 2.05) is 12.3 Å². The van der Waals surface area contributed by atoms with E-state index in [-0.39, 0.29) is 18.1 Å². The number of carbonyl (C=O) groups excluding carboxylic acids is 1. The summed E-state index contributed by atoms with van der Waals surface area (Å²) in [5, 5.41) is 17.6. The average molecular weight is 334 g/mol. The van der Waals surface area contributed by atoms with Gasteiger partial charge < -0.3 is 15.3 Å². The Labute approximate surface area is 144 Å². The van der Waals surface area contributed by atoms with Crippen LogP contribution in [0.4, 0.5) is 4.79 Å². The molecule has 2 saturated carbocycles. The summed E-state index contributed by atoms with van der Waals surface area (Å²) in [6.45, 7) is 1.07. The number of hydrogen-bond acceptors (Lipinski definition) is 3. The van der Waals surface area contributed by atoms with Crippen molar-refractivity contribution in [2.75, 3.05) is 13.6 Å². The first kappa shape index (κ1) is 17.3. The third-order valence-electron chi connectivity index (χ3n) is 5.51. The van der Waals surface area contributed by atoms with Gasteiger partial charge in [0.1, 0.15) is 0 Å². The first-order valence-electron chi connectivity index (χ1n) is 9.34. The van der Waals surface area contributed by atoms with E-state index < -0.39 is 0 Å². The largest absolute Gasteiger partial charge is 0.393 e. The molecule has 2 fully saturated rings. The van der Waals surface area contributed by atoms with Crippen LogP contribution in [0, 0.1) is 5.92 Å². The molecule has 2 aliphatic carbocycles. The fraction of sp³-hybridized carbons (Fsp3) is 0.778. The first-order chi connectivity index (χ1) is 11.6. The summed E-state index contributed by atoms with van der Waals surface area (Å²) in [6.07, 6.45) is 10.9. The van der Waals surface area contributed by atoms with E-state index in [1.54, 1.807) is 11.9 Å². The number of aromatic nitrogens is 2. The summed E-state index contributed by atoms with van der Waals surface area (Å²) in [5.74, 6) is 0.205. The molecule has 2 N–H and O–H groups in total. The van der Waals surface area contributed by atoms with Gasteiger partial charge in [0.2, 0.25) is 0 Å². The SMILES string of the molecule is CN(CC1CCCCC1O)C(=O)NCc1ccn(C2CCCC2)n1. The van der Waals surface area contributed by atoms with Gasteiger partial charge in [-0.1, -0.05) is 25.7 Å². The lowest BCUT2D eigenvalue weighted by atomic mass is 9.86. The Balaban J connectivity index is 1.44. The average Bonchev–Trinajstić information content (AvgIpc) is 3.25. The van der Waals surface area contributed by atoms with E-state index in [0.29, 0.717) is 19.1 Å². The Kier molecular flexibility index (Phi) is 5.76. The van der Waals surface area contributed by atoms with Crippen molar-refractivity contribution in [3.8, 4) is 0 Å². The fourth-order valence-corrected chi connectivity index (χ4v) is 3.98. The second-order valence-corrected chi connectivity index (χ2v) is 7.38. The molecule has 1 aromatic heterocycles. The van der Waals surface area contributed by atoms with Crippen LogP contribution in [0.25, 0.3) is 0 Å². The first-order valence-corrected chi connectivity index (χ1v) is 9.34. The number of urea groups is 1. The minimum absolute atomic E-state index is 0.0943. The highest BCUT2D eigenvalue weighted by Crippen LogP contribution is 2.28. The molecule has 2 aliphatic rings. The Morgan fingerprint density at radius 2 is 2.00 bits per heavy atom. The number of amides is 2. The van der Waals surface area contributed by atoms with Gasteiger partial charge in [-0.15, -0.1) is 0 Å². The highest BCUT2D eigenvalue weighted by molar-refractivity contribution is 5.73. The highest BCUT2D eigenvalue weighted by Gasteiger charge is 2.25. The van der Waals surface area contributed by atoms with Crippen LogP contribution in [0.15, 0.2) is 12.3 Å². The molecule has 0 saturated heterocycles. The van der Waals surface area contributed by atoms with Crippen molar-refractivity contribution in [1.29, 1.82) is 0 Å². The fourth-order valence-electron chi connectivity index (χ4n) is 3.98. The van der Waals surface area contributed by atoms with Crippen molar-refractivity contribution in [2.45, 2.75) is 70.1 Å². The minimum atomic E-state index is -0.267. The number of carbonyl (C=O) groups is 1. The summed E-state index contributed by atoms with van der Waals surface area (Å²) >= 11 is 0. The maximum Gasteiger partial charge on any atom is 0.317 e. The Bertz CT molecular complexity index is 539. The highest BCUT2D eigenvalue weighted by atomic mass is 16.3. The van der Waals surface area contributed by atoms with E-state index in [4.69, 9.17) is 0 Å². The van der Waals surface area contributed by atoms with Crippen LogP contribution in [0.2, 0.25) is 0 Å². The summed E-state index contributed by atoms with van der Waals surface area (Å²) in [6, 6.07) is 2.43. The van der Waals surface area contributed by atoms with Gasteiger partial charge in [0.15, 0.2) is 0 Å². The third kappa shape index (κ3) is 4.29. The van der Waals surface area contributed by atoms with Gasteiger partial charge >= 0.3 is 6.03 Å². The lowest BCUT2D eigenvalue weighted by molar-refractivity contribution is 0.0564. The van der Waals surface area contributed by atoms with Crippen LogP contribution >= 0.6 is 0 Å². The standard InChI is InChI=1S/C18H30N4O2/c1-21(13-14-6-2-5-9-17(14)23)18(24)19-12-15-10-11-22(20-15)16-7-3-4-8-16/h10-11,14,16-17,23H,2-9,12-13H2,1H3,(H,19,24). The van der Waals surface area contributed by atoms with Gasteiger partial charge in [0, 0.05) is 25.7 Å². The van der Waals surface area contributed by atoms with Gasteiger partial charge in [0.25, 0.3) is 0 Å². The molecular formula is C18H30N4O2. The third-order valence-corrected chi connectivity index (χ3v) is 5.51. The van der Waals surface area contributed by atoms with Crippen molar-refractivity contribution in [2.24, 2.45) is 5.92 Å². The van der Waals surface area contributed by atoms with Crippen molar-refractivity contribution >= 4 is 6.03 Å². The molecule has 6 nitrogen and oxygen atoms in total. The maximum atomic E-state index is 12.3. The molecule has 134 valence electrons. The van der Waals surface area contributed by atoms with Crippen LogP contribution in [0.3, 0.4) is 0 Å². The monoisotopic (exact) mass is 334 g/mol. The number of aliphatic hydroxyl groups is 1. The van der Waals surface area contributed by atoms with Gasteiger partial charge in [-0.25, -0.2) is 4.79 Å². The number of nitrogens with zero attached hydrogens (tertiary/aromatic N) is 3. The summed E-state index contributed by atoms with van der Waals surface area (Å²) in [7, 11) is 1.80. The molecule has 6 heteroatoms. The quantitative estimate of drug-likeness (QED) is 0.870. The van der Waals surface area contributed by atoms with Crippen molar-refractivity contribution < 1.29 is 9.90 Å². The number of nitrogens with one attached hydrogen (secondary N) is 1. The normalized spacial score (nSPS) is 24.9. The lowest BCUT2D eigenvalue weighted by Crippen LogP contribution is -2.42. The number of rotatable bonds is 5. The topological polar surface area (TPSA) is 70.4 Å². The van der Waals surface area contributed by atoms with E-state index >= 15 is 0 Å². The van der Waals surface area contributed by atoms with Crippen LogP contribution in [0.5, 0.6) is 0 Å². The molecule has 1 heterocycles. The van der Waals surface area contributed by atoms with E-state index in [2.05, 4.69) is 15.1 Å². The Hall–Kier alpha value is -1.56. The van der Waals surface area contributed by atoms with E-state index in [9.17, 15) is 9.90 Å². The van der Waals surface area contributed by atoms with Crippen molar-refractivity contribution in [3.63, 3.8) is 0 Å². The van der Waals surface area contributed by atoms with Crippen LogP contribution in [-0.4, -0.2) is 45.5 Å². The van der Waals surface area contributed by atoms with Gasteiger partial charge in [-0.3, -0.25) is 4.68 Å². The predicted octanol–water partition coefficient (Wildman–Crippen LogP) is 2.69. The minimum Gasteiger partial charge on any atom is -0.393 e. The summed E-state index contributed by atoms with van der Waals surface area (Å²) < 4.78 is 2.05.